The summed E-state index contributed by atoms with van der Waals surface area (Å²) in [4.78, 5) is 15.8. The van der Waals surface area contributed by atoms with Gasteiger partial charge in [0.15, 0.2) is 0 Å². The molecule has 0 saturated carbocycles. The van der Waals surface area contributed by atoms with E-state index in [9.17, 15) is 4.79 Å². The van der Waals surface area contributed by atoms with Gasteiger partial charge in [-0.1, -0.05) is 20.8 Å². The first-order valence-electron chi connectivity index (χ1n) is 5.76. The molecule has 3 nitrogen and oxygen atoms in total. The van der Waals surface area contributed by atoms with E-state index in [1.807, 2.05) is 27.0 Å². The van der Waals surface area contributed by atoms with Gasteiger partial charge < -0.3 is 4.74 Å². The highest BCUT2D eigenvalue weighted by Crippen LogP contribution is 2.16. The summed E-state index contributed by atoms with van der Waals surface area (Å²) in [6, 6.07) is -0.415. The third-order valence-electron chi connectivity index (χ3n) is 1.78. The second-order valence-electron chi connectivity index (χ2n) is 6.31. The van der Waals surface area contributed by atoms with Gasteiger partial charge in [-0.25, -0.2) is 4.79 Å². The quantitative estimate of drug-likeness (QED) is 0.548. The van der Waals surface area contributed by atoms with Gasteiger partial charge in [0.25, 0.3) is 0 Å². The standard InChI is InChI=1S/C13H25NO2/c1-10(11(15)16-13(5,6)7)14-9-8-12(2,3)4/h9-10H,8H2,1-7H3/t10-/m0/s1. The summed E-state index contributed by atoms with van der Waals surface area (Å²) in [7, 11) is 0. The van der Waals surface area contributed by atoms with Crippen LogP contribution < -0.4 is 0 Å². The summed E-state index contributed by atoms with van der Waals surface area (Å²) in [5.74, 6) is -0.266. The van der Waals surface area contributed by atoms with Gasteiger partial charge >= 0.3 is 5.97 Å². The van der Waals surface area contributed by atoms with Crippen LogP contribution in [0.1, 0.15) is 54.9 Å². The van der Waals surface area contributed by atoms with E-state index in [4.69, 9.17) is 4.74 Å². The average Bonchev–Trinajstić information content (AvgIpc) is 1.98. The molecule has 0 spiro atoms. The van der Waals surface area contributed by atoms with Crippen molar-refractivity contribution in [1.29, 1.82) is 0 Å². The van der Waals surface area contributed by atoms with Crippen molar-refractivity contribution in [1.82, 2.24) is 0 Å². The monoisotopic (exact) mass is 227 g/mol. The molecule has 0 saturated heterocycles. The van der Waals surface area contributed by atoms with E-state index in [0.29, 0.717) is 0 Å². The molecule has 0 rings (SSSR count). The van der Waals surface area contributed by atoms with Crippen LogP contribution in [-0.2, 0) is 9.53 Å². The Morgan fingerprint density at radius 1 is 1.25 bits per heavy atom. The molecule has 0 aliphatic heterocycles. The van der Waals surface area contributed by atoms with Gasteiger partial charge in [-0.2, -0.15) is 0 Å². The molecule has 1 atom stereocenters. The van der Waals surface area contributed by atoms with Crippen molar-refractivity contribution in [3.8, 4) is 0 Å². The number of nitrogens with zero attached hydrogens (tertiary/aromatic N) is 1. The van der Waals surface area contributed by atoms with E-state index in [1.165, 1.54) is 0 Å². The van der Waals surface area contributed by atoms with Crippen LogP contribution in [0.3, 0.4) is 0 Å². The SMILES string of the molecule is C[C@H](N=CCC(C)(C)C)C(=O)OC(C)(C)C. The van der Waals surface area contributed by atoms with E-state index in [2.05, 4.69) is 25.8 Å². The minimum absolute atomic E-state index is 0.206. The Balaban J connectivity index is 4.16. The van der Waals surface area contributed by atoms with E-state index < -0.39 is 11.6 Å². The number of hydrogen-bond donors (Lipinski definition) is 0. The molecule has 0 aliphatic carbocycles. The number of carbonyl (C=O) groups excluding carboxylic acids is 1. The van der Waals surface area contributed by atoms with Crippen LogP contribution in [0, 0.1) is 5.41 Å². The van der Waals surface area contributed by atoms with E-state index in [0.717, 1.165) is 6.42 Å². The molecule has 0 fully saturated rings. The first kappa shape index (κ1) is 15.1. The summed E-state index contributed by atoms with van der Waals surface area (Å²) in [6.07, 6.45) is 2.68. The molecule has 16 heavy (non-hydrogen) atoms. The number of aliphatic imine (C=N–C) groups is 1. The molecule has 0 radical (unpaired) electrons. The van der Waals surface area contributed by atoms with Crippen molar-refractivity contribution in [3.63, 3.8) is 0 Å². The first-order chi connectivity index (χ1) is 7.01. The van der Waals surface area contributed by atoms with Crippen molar-refractivity contribution in [2.75, 3.05) is 0 Å². The molecule has 0 heterocycles. The molecule has 0 unspecified atom stereocenters. The summed E-state index contributed by atoms with van der Waals surface area (Å²) < 4.78 is 5.23. The molecule has 3 heteroatoms. The minimum Gasteiger partial charge on any atom is -0.458 e. The molecule has 94 valence electrons. The molecular weight excluding hydrogens is 202 g/mol. The lowest BCUT2D eigenvalue weighted by Crippen LogP contribution is -2.29. The van der Waals surface area contributed by atoms with Crippen molar-refractivity contribution in [2.45, 2.75) is 66.5 Å². The fourth-order valence-corrected chi connectivity index (χ4v) is 0.933. The van der Waals surface area contributed by atoms with E-state index >= 15 is 0 Å². The van der Waals surface area contributed by atoms with Gasteiger partial charge in [-0.15, -0.1) is 0 Å². The summed E-state index contributed by atoms with van der Waals surface area (Å²) in [5, 5.41) is 0. The maximum Gasteiger partial charge on any atom is 0.331 e. The lowest BCUT2D eigenvalue weighted by atomic mass is 9.93. The normalized spacial score (nSPS) is 15.2. The first-order valence-corrected chi connectivity index (χ1v) is 5.76. The van der Waals surface area contributed by atoms with Crippen LogP contribution in [-0.4, -0.2) is 23.8 Å². The lowest BCUT2D eigenvalue weighted by molar-refractivity contribution is -0.155. The maximum atomic E-state index is 11.6. The molecule has 0 amide bonds. The Morgan fingerprint density at radius 2 is 1.75 bits per heavy atom. The van der Waals surface area contributed by atoms with Gasteiger partial charge in [-0.3, -0.25) is 4.99 Å². The van der Waals surface area contributed by atoms with E-state index in [1.54, 1.807) is 6.92 Å². The minimum atomic E-state index is -0.440. The Morgan fingerprint density at radius 3 is 2.12 bits per heavy atom. The molecule has 0 bridgehead atoms. The van der Waals surface area contributed by atoms with Crippen LogP contribution in [0.5, 0.6) is 0 Å². The van der Waals surface area contributed by atoms with Crippen LogP contribution in [0.15, 0.2) is 4.99 Å². The molecule has 0 aromatic carbocycles. The third kappa shape index (κ3) is 8.45. The molecular formula is C13H25NO2. The Hall–Kier alpha value is -0.860. The number of rotatable bonds is 3. The third-order valence-corrected chi connectivity index (χ3v) is 1.78. The number of esters is 1. The van der Waals surface area contributed by atoms with Crippen LogP contribution in [0.25, 0.3) is 0 Å². The largest absolute Gasteiger partial charge is 0.458 e. The highest BCUT2D eigenvalue weighted by atomic mass is 16.6. The average molecular weight is 227 g/mol. The molecule has 0 aromatic heterocycles. The number of ether oxygens (including phenoxy) is 1. The number of carbonyl (C=O) groups is 1. The smallest absolute Gasteiger partial charge is 0.331 e. The highest BCUT2D eigenvalue weighted by Gasteiger charge is 2.20. The number of hydrogen-bond acceptors (Lipinski definition) is 3. The van der Waals surface area contributed by atoms with Gasteiger partial charge in [0.05, 0.1) is 0 Å². The molecule has 0 aromatic rings. The fourth-order valence-electron chi connectivity index (χ4n) is 0.933. The Bertz CT molecular complexity index is 256. The Kier molecular flexibility index (Phi) is 5.17. The zero-order chi connectivity index (χ0) is 13.0. The molecule has 0 N–H and O–H groups in total. The zero-order valence-electron chi connectivity index (χ0n) is 11.6. The van der Waals surface area contributed by atoms with Crippen molar-refractivity contribution < 1.29 is 9.53 Å². The van der Waals surface area contributed by atoms with Crippen LogP contribution >= 0.6 is 0 Å². The van der Waals surface area contributed by atoms with Crippen molar-refractivity contribution in [3.05, 3.63) is 0 Å². The summed E-state index contributed by atoms with van der Waals surface area (Å²) in [6.45, 7) is 13.7. The lowest BCUT2D eigenvalue weighted by Gasteiger charge is -2.21. The van der Waals surface area contributed by atoms with E-state index in [-0.39, 0.29) is 11.4 Å². The van der Waals surface area contributed by atoms with Gasteiger partial charge in [0.1, 0.15) is 11.6 Å². The maximum absolute atomic E-state index is 11.6. The van der Waals surface area contributed by atoms with Gasteiger partial charge in [-0.05, 0) is 39.5 Å². The Labute approximate surface area is 99.3 Å². The predicted octanol–water partition coefficient (Wildman–Crippen LogP) is 3.22. The van der Waals surface area contributed by atoms with Crippen LogP contribution in [0.4, 0.5) is 0 Å². The highest BCUT2D eigenvalue weighted by molar-refractivity contribution is 5.78. The van der Waals surface area contributed by atoms with Crippen molar-refractivity contribution in [2.24, 2.45) is 10.4 Å². The topological polar surface area (TPSA) is 38.7 Å². The zero-order valence-corrected chi connectivity index (χ0v) is 11.6. The van der Waals surface area contributed by atoms with Crippen LogP contribution in [0.2, 0.25) is 0 Å². The van der Waals surface area contributed by atoms with Gasteiger partial charge in [0.2, 0.25) is 0 Å². The summed E-state index contributed by atoms with van der Waals surface area (Å²) in [5.41, 5.74) is -0.234. The predicted molar refractivity (Wildman–Crippen MR) is 67.9 cm³/mol. The summed E-state index contributed by atoms with van der Waals surface area (Å²) >= 11 is 0. The fraction of sp³-hybridized carbons (Fsp3) is 0.846. The van der Waals surface area contributed by atoms with Gasteiger partial charge in [0, 0.05) is 6.21 Å². The second-order valence-corrected chi connectivity index (χ2v) is 6.31. The van der Waals surface area contributed by atoms with Crippen molar-refractivity contribution >= 4 is 12.2 Å². The molecule has 0 aliphatic rings. The second kappa shape index (κ2) is 5.46.